The Hall–Kier alpha value is -1.15. The van der Waals surface area contributed by atoms with Crippen LogP contribution in [0.25, 0.3) is 0 Å². The largest absolute Gasteiger partial charge is 0.384 e. The molecular formula is C15H22O2. The molecule has 2 nitrogen and oxygen atoms in total. The standard InChI is InChI=1S/C15H22O2/c1-10(9-17-5)6-15(16)14-8-12(3)11(2)7-13(14)4/h7-8,10H,6,9H2,1-5H3. The molecule has 0 fully saturated rings. The zero-order valence-corrected chi connectivity index (χ0v) is 11.5. The second-order valence-corrected chi connectivity index (χ2v) is 4.94. The molecule has 0 aliphatic heterocycles. The maximum absolute atomic E-state index is 12.2. The van der Waals surface area contributed by atoms with Gasteiger partial charge in [-0.25, -0.2) is 0 Å². The van der Waals surface area contributed by atoms with Crippen molar-refractivity contribution in [3.8, 4) is 0 Å². The lowest BCUT2D eigenvalue weighted by Gasteiger charge is -2.12. The topological polar surface area (TPSA) is 26.3 Å². The third-order valence-electron chi connectivity index (χ3n) is 3.13. The molecule has 1 rings (SSSR count). The van der Waals surface area contributed by atoms with E-state index in [1.807, 2.05) is 26.8 Å². The number of carbonyl (C=O) groups is 1. The molecule has 1 unspecified atom stereocenters. The molecule has 0 aromatic heterocycles. The van der Waals surface area contributed by atoms with Crippen molar-refractivity contribution < 1.29 is 9.53 Å². The molecule has 0 aliphatic carbocycles. The molecule has 2 heteroatoms. The Labute approximate surface area is 104 Å². The number of rotatable bonds is 5. The Morgan fingerprint density at radius 1 is 1.18 bits per heavy atom. The van der Waals surface area contributed by atoms with Gasteiger partial charge in [0, 0.05) is 25.7 Å². The van der Waals surface area contributed by atoms with Crippen LogP contribution in [0, 0.1) is 26.7 Å². The van der Waals surface area contributed by atoms with Crippen LogP contribution in [0.2, 0.25) is 0 Å². The summed E-state index contributed by atoms with van der Waals surface area (Å²) in [6, 6.07) is 4.09. The molecule has 0 saturated carbocycles. The Bertz CT molecular complexity index is 408. The van der Waals surface area contributed by atoms with Gasteiger partial charge in [0.2, 0.25) is 0 Å². The average molecular weight is 234 g/mol. The van der Waals surface area contributed by atoms with Crippen molar-refractivity contribution in [3.63, 3.8) is 0 Å². The van der Waals surface area contributed by atoms with Crippen molar-refractivity contribution in [1.82, 2.24) is 0 Å². The first-order chi connectivity index (χ1) is 7.95. The number of benzene rings is 1. The van der Waals surface area contributed by atoms with Crippen LogP contribution < -0.4 is 0 Å². The fraction of sp³-hybridized carbons (Fsp3) is 0.533. The smallest absolute Gasteiger partial charge is 0.163 e. The number of methoxy groups -OCH3 is 1. The molecule has 1 aromatic rings. The quantitative estimate of drug-likeness (QED) is 0.729. The maximum Gasteiger partial charge on any atom is 0.163 e. The molecular weight excluding hydrogens is 212 g/mol. The van der Waals surface area contributed by atoms with Gasteiger partial charge < -0.3 is 4.74 Å². The van der Waals surface area contributed by atoms with Crippen LogP contribution >= 0.6 is 0 Å². The SMILES string of the molecule is COCC(C)CC(=O)c1cc(C)c(C)cc1C. The van der Waals surface area contributed by atoms with E-state index in [0.29, 0.717) is 13.0 Å². The molecule has 0 bridgehead atoms. The van der Waals surface area contributed by atoms with Crippen LogP contribution in [-0.4, -0.2) is 19.5 Å². The molecule has 0 amide bonds. The van der Waals surface area contributed by atoms with Crippen molar-refractivity contribution in [1.29, 1.82) is 0 Å². The average Bonchev–Trinajstić information content (AvgIpc) is 2.23. The van der Waals surface area contributed by atoms with Crippen molar-refractivity contribution in [2.24, 2.45) is 5.92 Å². The number of aryl methyl sites for hydroxylation is 3. The summed E-state index contributed by atoms with van der Waals surface area (Å²) in [7, 11) is 1.67. The Balaban J connectivity index is 2.86. The number of ketones is 1. The lowest BCUT2D eigenvalue weighted by molar-refractivity contribution is 0.0919. The maximum atomic E-state index is 12.2. The summed E-state index contributed by atoms with van der Waals surface area (Å²) in [5.74, 6) is 0.489. The van der Waals surface area contributed by atoms with Crippen molar-refractivity contribution in [2.75, 3.05) is 13.7 Å². The van der Waals surface area contributed by atoms with Crippen LogP contribution in [0.1, 0.15) is 40.4 Å². The van der Waals surface area contributed by atoms with Crippen molar-refractivity contribution in [3.05, 3.63) is 34.4 Å². The van der Waals surface area contributed by atoms with Crippen molar-refractivity contribution >= 4 is 5.78 Å². The second kappa shape index (κ2) is 5.97. The predicted octanol–water partition coefficient (Wildman–Crippen LogP) is 3.47. The first-order valence-corrected chi connectivity index (χ1v) is 6.05. The molecule has 1 aromatic carbocycles. The van der Waals surface area contributed by atoms with E-state index in [0.717, 1.165) is 11.1 Å². The highest BCUT2D eigenvalue weighted by Gasteiger charge is 2.14. The lowest BCUT2D eigenvalue weighted by Crippen LogP contribution is -2.12. The van der Waals surface area contributed by atoms with Gasteiger partial charge in [0.05, 0.1) is 0 Å². The van der Waals surface area contributed by atoms with E-state index >= 15 is 0 Å². The fourth-order valence-corrected chi connectivity index (χ4v) is 2.03. The molecule has 0 aliphatic rings. The van der Waals surface area contributed by atoms with E-state index in [-0.39, 0.29) is 11.7 Å². The second-order valence-electron chi connectivity index (χ2n) is 4.94. The predicted molar refractivity (Wildman–Crippen MR) is 70.6 cm³/mol. The summed E-state index contributed by atoms with van der Waals surface area (Å²) in [5.41, 5.74) is 4.35. The minimum atomic E-state index is 0.218. The summed E-state index contributed by atoms with van der Waals surface area (Å²) in [5, 5.41) is 0. The summed E-state index contributed by atoms with van der Waals surface area (Å²) < 4.78 is 5.06. The van der Waals surface area contributed by atoms with Crippen LogP contribution in [0.3, 0.4) is 0 Å². The highest BCUT2D eigenvalue weighted by molar-refractivity contribution is 5.97. The van der Waals surface area contributed by atoms with Gasteiger partial charge >= 0.3 is 0 Å². The summed E-state index contributed by atoms with van der Waals surface area (Å²) in [4.78, 5) is 12.2. The first-order valence-electron chi connectivity index (χ1n) is 6.05. The highest BCUT2D eigenvalue weighted by atomic mass is 16.5. The van der Waals surface area contributed by atoms with Crippen LogP contribution in [0.4, 0.5) is 0 Å². The van der Waals surface area contributed by atoms with Crippen LogP contribution in [0.5, 0.6) is 0 Å². The van der Waals surface area contributed by atoms with Crippen LogP contribution in [0.15, 0.2) is 12.1 Å². The monoisotopic (exact) mass is 234 g/mol. The minimum absolute atomic E-state index is 0.218. The van der Waals surface area contributed by atoms with Gasteiger partial charge in [-0.1, -0.05) is 13.0 Å². The van der Waals surface area contributed by atoms with E-state index in [1.165, 1.54) is 11.1 Å². The number of hydrogen-bond acceptors (Lipinski definition) is 2. The molecule has 0 radical (unpaired) electrons. The van der Waals surface area contributed by atoms with Gasteiger partial charge in [0.25, 0.3) is 0 Å². The van der Waals surface area contributed by atoms with E-state index in [9.17, 15) is 4.79 Å². The number of carbonyl (C=O) groups excluding carboxylic acids is 1. The fourth-order valence-electron chi connectivity index (χ4n) is 2.03. The van der Waals surface area contributed by atoms with E-state index in [4.69, 9.17) is 4.74 Å². The minimum Gasteiger partial charge on any atom is -0.384 e. The van der Waals surface area contributed by atoms with Gasteiger partial charge in [0.15, 0.2) is 5.78 Å². The van der Waals surface area contributed by atoms with Gasteiger partial charge in [0.1, 0.15) is 0 Å². The third-order valence-corrected chi connectivity index (χ3v) is 3.13. The number of ether oxygens (including phenoxy) is 1. The zero-order chi connectivity index (χ0) is 13.0. The summed E-state index contributed by atoms with van der Waals surface area (Å²) in [6.45, 7) is 8.79. The molecule has 94 valence electrons. The molecule has 1 atom stereocenters. The Morgan fingerprint density at radius 3 is 2.35 bits per heavy atom. The summed E-state index contributed by atoms with van der Waals surface area (Å²) in [6.07, 6.45) is 0.553. The first kappa shape index (κ1) is 13.9. The normalized spacial score (nSPS) is 12.5. The molecule has 0 saturated heterocycles. The van der Waals surface area contributed by atoms with Crippen molar-refractivity contribution in [2.45, 2.75) is 34.1 Å². The third kappa shape index (κ3) is 3.67. The Kier molecular flexibility index (Phi) is 4.88. The number of hydrogen-bond donors (Lipinski definition) is 0. The molecule has 0 N–H and O–H groups in total. The number of Topliss-reactive ketones (excluding diaryl/α,β-unsaturated/α-hetero) is 1. The zero-order valence-electron chi connectivity index (χ0n) is 11.5. The van der Waals surface area contributed by atoms with Gasteiger partial charge in [-0.05, 0) is 49.4 Å². The molecule has 0 spiro atoms. The highest BCUT2D eigenvalue weighted by Crippen LogP contribution is 2.18. The molecule has 0 heterocycles. The van der Waals surface area contributed by atoms with Gasteiger partial charge in [-0.2, -0.15) is 0 Å². The van der Waals surface area contributed by atoms with E-state index < -0.39 is 0 Å². The van der Waals surface area contributed by atoms with Crippen LogP contribution in [-0.2, 0) is 4.74 Å². The summed E-state index contributed by atoms with van der Waals surface area (Å²) >= 11 is 0. The lowest BCUT2D eigenvalue weighted by atomic mass is 9.94. The van der Waals surface area contributed by atoms with Gasteiger partial charge in [-0.3, -0.25) is 4.79 Å². The van der Waals surface area contributed by atoms with E-state index in [2.05, 4.69) is 13.0 Å². The molecule has 17 heavy (non-hydrogen) atoms. The van der Waals surface area contributed by atoms with E-state index in [1.54, 1.807) is 7.11 Å². The van der Waals surface area contributed by atoms with Gasteiger partial charge in [-0.15, -0.1) is 0 Å². The Morgan fingerprint density at radius 2 is 1.76 bits per heavy atom.